The quantitative estimate of drug-likeness (QED) is 0.744. The van der Waals surface area contributed by atoms with Crippen molar-refractivity contribution in [2.24, 2.45) is 0 Å². The summed E-state index contributed by atoms with van der Waals surface area (Å²) in [6.07, 6.45) is 1.33. The van der Waals surface area contributed by atoms with Crippen molar-refractivity contribution in [1.29, 1.82) is 0 Å². The molecular weight excluding hydrogens is 264 g/mol. The molecule has 0 spiro atoms. The largest absolute Gasteiger partial charge is 0.444 e. The third-order valence-corrected chi connectivity index (χ3v) is 3.95. The lowest BCUT2D eigenvalue weighted by atomic mass is 10.2. The van der Waals surface area contributed by atoms with Crippen LogP contribution in [0.15, 0.2) is 0 Å². The van der Waals surface area contributed by atoms with E-state index in [0.29, 0.717) is 13.1 Å². The molecule has 0 aromatic carbocycles. The Bertz CT molecular complexity index is 381. The highest BCUT2D eigenvalue weighted by Gasteiger charge is 2.39. The van der Waals surface area contributed by atoms with Crippen LogP contribution in [0.2, 0.25) is 0 Å². The number of hydrogen-bond donors (Lipinski definition) is 1. The van der Waals surface area contributed by atoms with Crippen molar-refractivity contribution in [2.75, 3.05) is 19.6 Å². The highest BCUT2D eigenvalue weighted by Crippen LogP contribution is 2.25. The highest BCUT2D eigenvalue weighted by molar-refractivity contribution is 7.81. The van der Waals surface area contributed by atoms with E-state index in [1.54, 1.807) is 4.90 Å². The van der Waals surface area contributed by atoms with E-state index in [0.717, 1.165) is 19.4 Å². The molecular formula is C13H22N2O3S. The van der Waals surface area contributed by atoms with Gasteiger partial charge in [-0.3, -0.25) is 4.79 Å². The van der Waals surface area contributed by atoms with E-state index in [4.69, 9.17) is 4.74 Å². The maximum atomic E-state index is 12.0. The summed E-state index contributed by atoms with van der Waals surface area (Å²) in [6, 6.07) is 0.122. The molecule has 2 aliphatic heterocycles. The zero-order valence-electron chi connectivity index (χ0n) is 11.8. The van der Waals surface area contributed by atoms with Gasteiger partial charge in [-0.05, 0) is 33.6 Å². The van der Waals surface area contributed by atoms with Gasteiger partial charge in [-0.25, -0.2) is 4.79 Å². The van der Waals surface area contributed by atoms with Crippen LogP contribution in [0.4, 0.5) is 4.79 Å². The van der Waals surface area contributed by atoms with E-state index in [1.165, 1.54) is 0 Å². The highest BCUT2D eigenvalue weighted by atomic mass is 32.1. The van der Waals surface area contributed by atoms with Crippen LogP contribution in [0, 0.1) is 0 Å². The summed E-state index contributed by atoms with van der Waals surface area (Å²) >= 11 is 4.26. The molecule has 2 saturated heterocycles. The molecule has 0 radical (unpaired) electrons. The van der Waals surface area contributed by atoms with Gasteiger partial charge >= 0.3 is 6.09 Å². The van der Waals surface area contributed by atoms with E-state index < -0.39 is 5.60 Å². The van der Waals surface area contributed by atoms with Gasteiger partial charge in [-0.1, -0.05) is 0 Å². The predicted octanol–water partition coefficient (Wildman–Crippen LogP) is 1.53. The maximum absolute atomic E-state index is 12.0. The van der Waals surface area contributed by atoms with Gasteiger partial charge in [0.15, 0.2) is 0 Å². The van der Waals surface area contributed by atoms with E-state index >= 15 is 0 Å². The summed E-state index contributed by atoms with van der Waals surface area (Å²) in [4.78, 5) is 27.4. The Morgan fingerprint density at radius 1 is 1.32 bits per heavy atom. The minimum absolute atomic E-state index is 0.0966. The molecule has 2 aliphatic rings. The van der Waals surface area contributed by atoms with Gasteiger partial charge in [0.05, 0.1) is 11.3 Å². The SMILES string of the molecule is CC(C)(C)OC(=O)N1CCC(N2CCC(S)C2=O)C1. The molecule has 0 saturated carbocycles. The number of amides is 2. The smallest absolute Gasteiger partial charge is 0.410 e. The third-order valence-electron chi connectivity index (χ3n) is 3.47. The minimum Gasteiger partial charge on any atom is -0.444 e. The first kappa shape index (κ1) is 14.5. The molecule has 6 heteroatoms. The lowest BCUT2D eigenvalue weighted by Gasteiger charge is -2.26. The van der Waals surface area contributed by atoms with Crippen LogP contribution >= 0.6 is 12.6 Å². The minimum atomic E-state index is -0.477. The number of hydrogen-bond acceptors (Lipinski definition) is 4. The van der Waals surface area contributed by atoms with Crippen LogP contribution in [0.5, 0.6) is 0 Å². The standard InChI is InChI=1S/C13H22N2O3S/c1-13(2,3)18-12(17)14-6-4-9(8-14)15-7-5-10(19)11(15)16/h9-10,19H,4-8H2,1-3H3. The van der Waals surface area contributed by atoms with Gasteiger partial charge in [0.1, 0.15) is 5.60 Å². The second-order valence-electron chi connectivity index (χ2n) is 6.20. The fourth-order valence-corrected chi connectivity index (χ4v) is 2.80. The summed E-state index contributed by atoms with van der Waals surface area (Å²) in [5, 5.41) is -0.171. The molecule has 0 bridgehead atoms. The Hall–Kier alpha value is -0.910. The van der Waals surface area contributed by atoms with Gasteiger partial charge in [0.25, 0.3) is 0 Å². The summed E-state index contributed by atoms with van der Waals surface area (Å²) < 4.78 is 5.35. The Morgan fingerprint density at radius 2 is 2.00 bits per heavy atom. The molecule has 108 valence electrons. The van der Waals surface area contributed by atoms with Crippen LogP contribution in [-0.4, -0.2) is 58.3 Å². The van der Waals surface area contributed by atoms with Crippen LogP contribution < -0.4 is 0 Å². The van der Waals surface area contributed by atoms with E-state index in [-0.39, 0.29) is 23.3 Å². The Morgan fingerprint density at radius 3 is 2.53 bits per heavy atom. The number of ether oxygens (including phenoxy) is 1. The summed E-state index contributed by atoms with van der Waals surface area (Å²) in [5.41, 5.74) is -0.477. The van der Waals surface area contributed by atoms with Crippen molar-refractivity contribution < 1.29 is 14.3 Å². The third kappa shape index (κ3) is 3.35. The van der Waals surface area contributed by atoms with Gasteiger partial charge in [0, 0.05) is 19.6 Å². The molecule has 5 nitrogen and oxygen atoms in total. The first-order valence-corrected chi connectivity index (χ1v) is 7.26. The van der Waals surface area contributed by atoms with Crippen LogP contribution in [0.25, 0.3) is 0 Å². The molecule has 0 aromatic rings. The van der Waals surface area contributed by atoms with Crippen molar-refractivity contribution in [3.8, 4) is 0 Å². The molecule has 19 heavy (non-hydrogen) atoms. The summed E-state index contributed by atoms with van der Waals surface area (Å²) in [7, 11) is 0. The Balaban J connectivity index is 1.90. The molecule has 2 rings (SSSR count). The monoisotopic (exact) mass is 286 g/mol. The van der Waals surface area contributed by atoms with Crippen LogP contribution in [0.1, 0.15) is 33.6 Å². The molecule has 2 atom stereocenters. The topological polar surface area (TPSA) is 49.9 Å². The normalized spacial score (nSPS) is 28.1. The van der Waals surface area contributed by atoms with E-state index in [2.05, 4.69) is 12.6 Å². The van der Waals surface area contributed by atoms with Crippen LogP contribution in [-0.2, 0) is 9.53 Å². The molecule has 2 heterocycles. The van der Waals surface area contributed by atoms with E-state index in [1.807, 2.05) is 25.7 Å². The second kappa shape index (κ2) is 5.23. The number of carbonyl (C=O) groups excluding carboxylic acids is 2. The molecule has 2 fully saturated rings. The first-order valence-electron chi connectivity index (χ1n) is 6.74. The lowest BCUT2D eigenvalue weighted by molar-refractivity contribution is -0.129. The maximum Gasteiger partial charge on any atom is 0.410 e. The van der Waals surface area contributed by atoms with Crippen molar-refractivity contribution in [3.63, 3.8) is 0 Å². The molecule has 0 aliphatic carbocycles. The Kier molecular flexibility index (Phi) is 3.99. The molecule has 2 unspecified atom stereocenters. The van der Waals surface area contributed by atoms with Crippen molar-refractivity contribution in [3.05, 3.63) is 0 Å². The van der Waals surface area contributed by atoms with E-state index in [9.17, 15) is 9.59 Å². The number of likely N-dealkylation sites (tertiary alicyclic amines) is 2. The average Bonchev–Trinajstić information content (AvgIpc) is 2.85. The number of rotatable bonds is 1. The van der Waals surface area contributed by atoms with Gasteiger partial charge in [-0.15, -0.1) is 0 Å². The number of carbonyl (C=O) groups is 2. The number of thiol groups is 1. The first-order chi connectivity index (χ1) is 8.78. The Labute approximate surface area is 119 Å². The van der Waals surface area contributed by atoms with Crippen molar-refractivity contribution in [1.82, 2.24) is 9.80 Å². The summed E-state index contributed by atoms with van der Waals surface area (Å²) in [6.45, 7) is 7.54. The van der Waals surface area contributed by atoms with Crippen LogP contribution in [0.3, 0.4) is 0 Å². The summed E-state index contributed by atoms with van der Waals surface area (Å²) in [5.74, 6) is 0.0966. The average molecular weight is 286 g/mol. The number of nitrogens with zero attached hydrogens (tertiary/aromatic N) is 2. The van der Waals surface area contributed by atoms with Gasteiger partial charge < -0.3 is 14.5 Å². The van der Waals surface area contributed by atoms with Gasteiger partial charge in [-0.2, -0.15) is 12.6 Å². The van der Waals surface area contributed by atoms with Crippen molar-refractivity contribution in [2.45, 2.75) is 50.5 Å². The molecule has 0 aromatic heterocycles. The second-order valence-corrected chi connectivity index (χ2v) is 6.83. The fraction of sp³-hybridized carbons (Fsp3) is 0.846. The fourth-order valence-electron chi connectivity index (χ4n) is 2.54. The van der Waals surface area contributed by atoms with Crippen molar-refractivity contribution >= 4 is 24.6 Å². The molecule has 0 N–H and O–H groups in total. The van der Waals surface area contributed by atoms with Gasteiger partial charge in [0.2, 0.25) is 5.91 Å². The predicted molar refractivity (Wildman–Crippen MR) is 75.3 cm³/mol. The lowest BCUT2D eigenvalue weighted by Crippen LogP contribution is -2.41. The zero-order valence-corrected chi connectivity index (χ0v) is 12.7. The molecule has 2 amide bonds. The zero-order chi connectivity index (χ0) is 14.2.